The summed E-state index contributed by atoms with van der Waals surface area (Å²) in [5.74, 6) is 0.432. The predicted molar refractivity (Wildman–Crippen MR) is 74.5 cm³/mol. The van der Waals surface area contributed by atoms with Crippen LogP contribution in [0.2, 0.25) is 0 Å². The zero-order valence-electron chi connectivity index (χ0n) is 10.5. The summed E-state index contributed by atoms with van der Waals surface area (Å²) in [5.41, 5.74) is 4.59. The van der Waals surface area contributed by atoms with Gasteiger partial charge in [-0.05, 0) is 35.9 Å². The molecule has 0 bridgehead atoms. The molecule has 5 nitrogen and oxygen atoms in total. The minimum Gasteiger partial charge on any atom is -0.490 e. The highest BCUT2D eigenvalue weighted by Gasteiger charge is 1.96. The van der Waals surface area contributed by atoms with Gasteiger partial charge >= 0.3 is 0 Å². The lowest BCUT2D eigenvalue weighted by Gasteiger charge is -2.02. The van der Waals surface area contributed by atoms with E-state index in [-0.39, 0.29) is 12.5 Å². The number of rotatable bonds is 7. The first-order chi connectivity index (χ1) is 9.26. The van der Waals surface area contributed by atoms with Gasteiger partial charge in [0.15, 0.2) is 0 Å². The summed E-state index contributed by atoms with van der Waals surface area (Å²) in [6.07, 6.45) is 3.23. The van der Waals surface area contributed by atoms with E-state index in [1.54, 1.807) is 18.2 Å². The van der Waals surface area contributed by atoms with Crippen molar-refractivity contribution >= 4 is 23.7 Å². The van der Waals surface area contributed by atoms with Gasteiger partial charge in [0.1, 0.15) is 19.0 Å². The summed E-state index contributed by atoms with van der Waals surface area (Å²) >= 11 is 5.38. The number of hydrogen-bond donors (Lipinski definition) is 1. The van der Waals surface area contributed by atoms with E-state index in [9.17, 15) is 4.79 Å². The third kappa shape index (κ3) is 6.59. The Labute approximate surface area is 116 Å². The molecule has 0 atom stereocenters. The molecule has 1 aromatic carbocycles. The largest absolute Gasteiger partial charge is 0.490 e. The fourth-order valence-corrected chi connectivity index (χ4v) is 1.25. The average Bonchev–Trinajstić information content (AvgIpc) is 2.41. The lowest BCUT2D eigenvalue weighted by atomic mass is 10.2. The van der Waals surface area contributed by atoms with E-state index in [2.05, 4.69) is 15.3 Å². The molecular weight excluding hydrogens is 268 g/mol. The summed E-state index contributed by atoms with van der Waals surface area (Å²) in [6, 6.07) is 7.26. The van der Waals surface area contributed by atoms with Crippen molar-refractivity contribution in [1.82, 2.24) is 5.43 Å². The lowest BCUT2D eigenvalue weighted by molar-refractivity contribution is -0.124. The zero-order valence-corrected chi connectivity index (χ0v) is 11.3. The number of ether oxygens (including phenoxy) is 2. The van der Waals surface area contributed by atoms with Crippen LogP contribution in [0, 0.1) is 0 Å². The van der Waals surface area contributed by atoms with Gasteiger partial charge in [0.2, 0.25) is 0 Å². The van der Waals surface area contributed by atoms with Crippen molar-refractivity contribution in [2.75, 3.05) is 20.3 Å². The van der Waals surface area contributed by atoms with Gasteiger partial charge in [-0.15, -0.1) is 0 Å². The maximum absolute atomic E-state index is 11.0. The van der Waals surface area contributed by atoms with E-state index in [1.165, 1.54) is 18.9 Å². The summed E-state index contributed by atoms with van der Waals surface area (Å²) in [7, 11) is 1.45. The molecule has 0 aliphatic rings. The van der Waals surface area contributed by atoms with Crippen LogP contribution < -0.4 is 10.2 Å². The van der Waals surface area contributed by atoms with E-state index >= 15 is 0 Å². The van der Waals surface area contributed by atoms with Gasteiger partial charge in [0.25, 0.3) is 5.91 Å². The first-order valence-electron chi connectivity index (χ1n) is 5.55. The molecule has 0 spiro atoms. The number of hydrogen-bond acceptors (Lipinski definition) is 4. The van der Waals surface area contributed by atoms with Crippen LogP contribution in [-0.4, -0.2) is 32.4 Å². The molecule has 0 aliphatic carbocycles. The molecule has 102 valence electrons. The number of carbonyl (C=O) groups is 1. The third-order valence-electron chi connectivity index (χ3n) is 1.99. The molecule has 0 radical (unpaired) electrons. The van der Waals surface area contributed by atoms with Crippen LogP contribution in [-0.2, 0) is 9.53 Å². The summed E-state index contributed by atoms with van der Waals surface area (Å²) in [5, 5.41) is 3.79. The minimum absolute atomic E-state index is 0.0157. The van der Waals surface area contributed by atoms with E-state index in [1.807, 2.05) is 12.1 Å². The standard InChI is InChI=1S/C13H15ClN2O3/c1-18-10-13(17)16-15-9-11-3-5-12(6-4-11)19-8-2-7-14/h2-7,9H,8,10H2,1H3,(H,16,17). The van der Waals surface area contributed by atoms with Crippen molar-refractivity contribution in [3.63, 3.8) is 0 Å². The van der Waals surface area contributed by atoms with Gasteiger partial charge in [-0.25, -0.2) is 5.43 Å². The van der Waals surface area contributed by atoms with Crippen LogP contribution in [0.15, 0.2) is 41.0 Å². The molecule has 0 unspecified atom stereocenters. The average molecular weight is 283 g/mol. The number of hydrazone groups is 1. The number of nitrogens with zero attached hydrogens (tertiary/aromatic N) is 1. The second-order valence-corrected chi connectivity index (χ2v) is 3.72. The van der Waals surface area contributed by atoms with Crippen molar-refractivity contribution in [1.29, 1.82) is 0 Å². The van der Waals surface area contributed by atoms with Crippen LogP contribution in [0.1, 0.15) is 5.56 Å². The van der Waals surface area contributed by atoms with Crippen LogP contribution in [0.25, 0.3) is 0 Å². The van der Waals surface area contributed by atoms with Crippen LogP contribution in [0.3, 0.4) is 0 Å². The van der Waals surface area contributed by atoms with Crippen LogP contribution >= 0.6 is 11.6 Å². The van der Waals surface area contributed by atoms with Crippen molar-refractivity contribution in [2.24, 2.45) is 5.10 Å². The topological polar surface area (TPSA) is 59.9 Å². The normalized spacial score (nSPS) is 11.1. The molecule has 0 aromatic heterocycles. The first-order valence-corrected chi connectivity index (χ1v) is 5.99. The maximum atomic E-state index is 11.0. The van der Waals surface area contributed by atoms with Crippen molar-refractivity contribution < 1.29 is 14.3 Å². The van der Waals surface area contributed by atoms with Gasteiger partial charge in [0.05, 0.1) is 6.21 Å². The molecule has 0 aliphatic heterocycles. The maximum Gasteiger partial charge on any atom is 0.266 e. The van der Waals surface area contributed by atoms with Crippen molar-refractivity contribution in [2.45, 2.75) is 0 Å². The molecule has 19 heavy (non-hydrogen) atoms. The van der Waals surface area contributed by atoms with E-state index in [0.717, 1.165) is 11.3 Å². The molecule has 1 amide bonds. The fraction of sp³-hybridized carbons (Fsp3) is 0.231. The molecule has 1 aromatic rings. The van der Waals surface area contributed by atoms with E-state index in [4.69, 9.17) is 16.3 Å². The number of benzene rings is 1. The van der Waals surface area contributed by atoms with Gasteiger partial charge < -0.3 is 9.47 Å². The summed E-state index contributed by atoms with van der Waals surface area (Å²) < 4.78 is 10.0. The Kier molecular flexibility index (Phi) is 7.31. The fourth-order valence-electron chi connectivity index (χ4n) is 1.17. The Morgan fingerprint density at radius 1 is 1.42 bits per heavy atom. The summed E-state index contributed by atoms with van der Waals surface area (Å²) in [4.78, 5) is 11.0. The second kappa shape index (κ2) is 9.13. The monoisotopic (exact) mass is 282 g/mol. The number of amides is 1. The first kappa shape index (κ1) is 15.2. The molecule has 0 heterocycles. The zero-order chi connectivity index (χ0) is 13.9. The molecule has 6 heteroatoms. The number of halogens is 1. The molecule has 0 saturated heterocycles. The Balaban J connectivity index is 2.43. The van der Waals surface area contributed by atoms with Crippen molar-refractivity contribution in [3.05, 3.63) is 41.4 Å². The van der Waals surface area contributed by atoms with Gasteiger partial charge in [-0.3, -0.25) is 4.79 Å². The van der Waals surface area contributed by atoms with E-state index in [0.29, 0.717) is 6.61 Å². The number of nitrogens with one attached hydrogen (secondary N) is 1. The Hall–Kier alpha value is -1.85. The van der Waals surface area contributed by atoms with Gasteiger partial charge in [-0.2, -0.15) is 5.10 Å². The third-order valence-corrected chi connectivity index (χ3v) is 2.17. The minimum atomic E-state index is -0.299. The second-order valence-electron chi connectivity index (χ2n) is 3.47. The molecule has 1 N–H and O–H groups in total. The highest BCUT2D eigenvalue weighted by molar-refractivity contribution is 6.25. The number of methoxy groups -OCH3 is 1. The van der Waals surface area contributed by atoms with E-state index < -0.39 is 0 Å². The molecule has 1 rings (SSSR count). The molecular formula is C13H15ClN2O3. The van der Waals surface area contributed by atoms with Crippen LogP contribution in [0.5, 0.6) is 5.75 Å². The SMILES string of the molecule is COCC(=O)NN=Cc1ccc(OCC=CCl)cc1. The molecule has 0 saturated carbocycles. The highest BCUT2D eigenvalue weighted by Crippen LogP contribution is 2.10. The predicted octanol–water partition coefficient (Wildman–Crippen LogP) is 1.91. The van der Waals surface area contributed by atoms with Crippen molar-refractivity contribution in [3.8, 4) is 5.75 Å². The smallest absolute Gasteiger partial charge is 0.266 e. The van der Waals surface area contributed by atoms with Gasteiger partial charge in [0, 0.05) is 12.6 Å². The quantitative estimate of drug-likeness (QED) is 0.614. The Morgan fingerprint density at radius 2 is 2.16 bits per heavy atom. The van der Waals surface area contributed by atoms with Gasteiger partial charge in [-0.1, -0.05) is 11.6 Å². The highest BCUT2D eigenvalue weighted by atomic mass is 35.5. The van der Waals surface area contributed by atoms with Crippen LogP contribution in [0.4, 0.5) is 0 Å². The Bertz CT molecular complexity index is 444. The number of carbonyl (C=O) groups excluding carboxylic acids is 1. The Morgan fingerprint density at radius 3 is 2.79 bits per heavy atom. The molecule has 0 fully saturated rings. The summed E-state index contributed by atoms with van der Waals surface area (Å²) in [6.45, 7) is 0.405. The lowest BCUT2D eigenvalue weighted by Crippen LogP contribution is -2.22.